The number of fused-ring (bicyclic) bond motifs is 3. The van der Waals surface area contributed by atoms with Gasteiger partial charge in [-0.15, -0.1) is 0 Å². The van der Waals surface area contributed by atoms with Crippen LogP contribution in [0, 0.1) is 5.82 Å². The minimum absolute atomic E-state index is 0.0331. The molecule has 8 nitrogen and oxygen atoms in total. The molecule has 4 rings (SSSR count). The van der Waals surface area contributed by atoms with Gasteiger partial charge in [-0.25, -0.2) is 21.9 Å². The number of anilines is 1. The van der Waals surface area contributed by atoms with Crippen molar-refractivity contribution in [3.05, 3.63) is 71.4 Å². The first kappa shape index (κ1) is 31.5. The Kier molecular flexibility index (Phi) is 9.96. The summed E-state index contributed by atoms with van der Waals surface area (Å²) in [5, 5.41) is 0. The number of nitrogens with zero attached hydrogens (tertiary/aromatic N) is 1. The number of benzene rings is 2. The van der Waals surface area contributed by atoms with Gasteiger partial charge >= 0.3 is 5.97 Å². The second kappa shape index (κ2) is 13.3. The van der Waals surface area contributed by atoms with Crippen molar-refractivity contribution in [2.24, 2.45) is 0 Å². The normalized spacial score (nSPS) is 13.0. The third-order valence-electron chi connectivity index (χ3n) is 6.94. The average Bonchev–Trinajstić information content (AvgIpc) is 3.43. The molecule has 0 N–H and O–H groups in total. The van der Waals surface area contributed by atoms with E-state index in [1.54, 1.807) is 18.2 Å². The molecule has 0 saturated carbocycles. The number of carbonyl (C=O) groups excluding carboxylic acids is 1. The number of unbranched alkanes of at least 4 members (excludes halogenated alkanes) is 2. The third kappa shape index (κ3) is 6.96. The molecule has 11 heteroatoms. The highest BCUT2D eigenvalue weighted by atomic mass is 32.2. The highest BCUT2D eigenvalue weighted by Gasteiger charge is 2.35. The minimum atomic E-state index is -4.38. The number of esters is 1. The number of hydrogen-bond acceptors (Lipinski definition) is 7. The van der Waals surface area contributed by atoms with E-state index in [-0.39, 0.29) is 40.8 Å². The van der Waals surface area contributed by atoms with Gasteiger partial charge in [-0.3, -0.25) is 0 Å². The Hall–Kier alpha value is -3.41. The van der Waals surface area contributed by atoms with Crippen molar-refractivity contribution in [1.82, 2.24) is 0 Å². The molecule has 42 heavy (non-hydrogen) atoms. The number of sulfonamides is 1. The predicted molar refractivity (Wildman–Crippen MR) is 163 cm³/mol. The first-order valence-electron chi connectivity index (χ1n) is 14.0. The topological polar surface area (TPSA) is 95.3 Å². The molecule has 0 saturated heterocycles. The number of allylic oxidation sites excluding steroid dienone is 1. The van der Waals surface area contributed by atoms with Gasteiger partial charge in [0.2, 0.25) is 0 Å². The molecule has 0 radical (unpaired) electrons. The molecule has 0 fully saturated rings. The fourth-order valence-electron chi connectivity index (χ4n) is 4.60. The zero-order valence-corrected chi connectivity index (χ0v) is 26.6. The summed E-state index contributed by atoms with van der Waals surface area (Å²) in [6.45, 7) is 8.67. The van der Waals surface area contributed by atoms with Gasteiger partial charge in [-0.2, -0.15) is 0 Å². The van der Waals surface area contributed by atoms with E-state index in [1.165, 1.54) is 31.6 Å². The molecule has 3 aromatic rings. The van der Waals surface area contributed by atoms with Gasteiger partial charge in [-0.1, -0.05) is 51.6 Å². The molecule has 0 unspecified atom stereocenters. The SMILES string of the molecule is CCCC/C=C\c1cc(F)ccc1S(=O)(=O)N(COCC[Si](C)(C)C)c1ccc2c(c1C(=O)OC)OCc1occc1-2. The van der Waals surface area contributed by atoms with E-state index in [9.17, 15) is 17.6 Å². The molecule has 0 spiro atoms. The van der Waals surface area contributed by atoms with E-state index in [0.717, 1.165) is 41.2 Å². The maximum atomic E-state index is 14.4. The molecular weight excluding hydrogens is 577 g/mol. The molecule has 0 amide bonds. The predicted octanol–water partition coefficient (Wildman–Crippen LogP) is 7.48. The number of methoxy groups -OCH3 is 1. The van der Waals surface area contributed by atoms with Gasteiger partial charge in [0.25, 0.3) is 10.0 Å². The van der Waals surface area contributed by atoms with Crippen LogP contribution in [0.25, 0.3) is 17.2 Å². The lowest BCUT2D eigenvalue weighted by molar-refractivity contribution is 0.0595. The molecule has 226 valence electrons. The van der Waals surface area contributed by atoms with E-state index < -0.39 is 29.9 Å². The van der Waals surface area contributed by atoms with Crippen molar-refractivity contribution < 1.29 is 36.2 Å². The van der Waals surface area contributed by atoms with Crippen LogP contribution < -0.4 is 9.04 Å². The number of furan rings is 1. The fraction of sp³-hybridized carbons (Fsp3) is 0.387. The average molecular weight is 616 g/mol. The first-order chi connectivity index (χ1) is 20.0. The van der Waals surface area contributed by atoms with E-state index in [2.05, 4.69) is 26.6 Å². The Balaban J connectivity index is 1.86. The van der Waals surface area contributed by atoms with E-state index >= 15 is 0 Å². The van der Waals surface area contributed by atoms with E-state index in [0.29, 0.717) is 17.9 Å². The molecule has 0 atom stereocenters. The van der Waals surface area contributed by atoms with Crippen molar-refractivity contribution in [2.45, 2.75) is 63.4 Å². The van der Waals surface area contributed by atoms with Crippen LogP contribution in [0.5, 0.6) is 5.75 Å². The molecule has 2 aromatic carbocycles. The summed E-state index contributed by atoms with van der Waals surface area (Å²) in [5.41, 5.74) is 1.50. The number of ether oxygens (including phenoxy) is 3. The van der Waals surface area contributed by atoms with Crippen LogP contribution in [0.3, 0.4) is 0 Å². The Labute approximate surface area is 248 Å². The molecule has 0 bridgehead atoms. The van der Waals surface area contributed by atoms with Crippen LogP contribution in [-0.4, -0.2) is 42.9 Å². The lowest BCUT2D eigenvalue weighted by Gasteiger charge is -2.29. The van der Waals surface area contributed by atoms with Crippen molar-refractivity contribution in [3.63, 3.8) is 0 Å². The van der Waals surface area contributed by atoms with Crippen molar-refractivity contribution in [3.8, 4) is 16.9 Å². The highest BCUT2D eigenvalue weighted by Crippen LogP contribution is 2.45. The van der Waals surface area contributed by atoms with Gasteiger partial charge in [0, 0.05) is 25.8 Å². The summed E-state index contributed by atoms with van der Waals surface area (Å²) in [5.74, 6) is -0.546. The zero-order chi connectivity index (χ0) is 30.5. The second-order valence-corrected chi connectivity index (χ2v) is 18.8. The zero-order valence-electron chi connectivity index (χ0n) is 24.7. The smallest absolute Gasteiger partial charge is 0.343 e. The summed E-state index contributed by atoms with van der Waals surface area (Å²) < 4.78 is 66.7. The van der Waals surface area contributed by atoms with Crippen LogP contribution in [0.2, 0.25) is 25.7 Å². The Morgan fingerprint density at radius 2 is 1.93 bits per heavy atom. The molecule has 1 aromatic heterocycles. The largest absolute Gasteiger partial charge is 0.484 e. The third-order valence-corrected chi connectivity index (χ3v) is 10.5. The van der Waals surface area contributed by atoms with Gasteiger partial charge in [0.05, 0.1) is 24.0 Å². The maximum absolute atomic E-state index is 14.4. The van der Waals surface area contributed by atoms with E-state index in [4.69, 9.17) is 18.6 Å². The Morgan fingerprint density at radius 1 is 1.14 bits per heavy atom. The second-order valence-electron chi connectivity index (χ2n) is 11.3. The summed E-state index contributed by atoms with van der Waals surface area (Å²) in [7, 11) is -4.64. The Bertz CT molecular complexity index is 1560. The fourth-order valence-corrected chi connectivity index (χ4v) is 6.88. The van der Waals surface area contributed by atoms with Crippen LogP contribution in [0.1, 0.15) is 47.9 Å². The molecular formula is C31H38FNO7SSi. The highest BCUT2D eigenvalue weighted by molar-refractivity contribution is 7.93. The molecule has 2 heterocycles. The lowest BCUT2D eigenvalue weighted by atomic mass is 9.98. The molecule has 1 aliphatic rings. The summed E-state index contributed by atoms with van der Waals surface area (Å²) in [6, 6.07) is 9.34. The van der Waals surface area contributed by atoms with Crippen LogP contribution in [0.4, 0.5) is 10.1 Å². The van der Waals surface area contributed by atoms with Crippen LogP contribution in [0.15, 0.2) is 58.1 Å². The Morgan fingerprint density at radius 3 is 2.64 bits per heavy atom. The van der Waals surface area contributed by atoms with E-state index in [1.807, 2.05) is 6.08 Å². The summed E-state index contributed by atoms with van der Waals surface area (Å²) >= 11 is 0. The monoisotopic (exact) mass is 615 g/mol. The molecule has 0 aliphatic carbocycles. The maximum Gasteiger partial charge on any atom is 0.343 e. The quantitative estimate of drug-likeness (QED) is 0.0852. The first-order valence-corrected chi connectivity index (χ1v) is 19.1. The molecule has 1 aliphatic heterocycles. The number of hydrogen-bond donors (Lipinski definition) is 0. The van der Waals surface area contributed by atoms with Crippen molar-refractivity contribution in [2.75, 3.05) is 24.8 Å². The minimum Gasteiger partial charge on any atom is -0.484 e. The number of halogens is 1. The van der Waals surface area contributed by atoms with Crippen molar-refractivity contribution >= 4 is 35.8 Å². The summed E-state index contributed by atoms with van der Waals surface area (Å²) in [6.07, 6.45) is 7.59. The van der Waals surface area contributed by atoms with Crippen LogP contribution >= 0.6 is 0 Å². The lowest BCUT2D eigenvalue weighted by Crippen LogP contribution is -2.36. The van der Waals surface area contributed by atoms with Gasteiger partial charge in [0.1, 0.15) is 36.2 Å². The van der Waals surface area contributed by atoms with Crippen LogP contribution in [-0.2, 0) is 26.1 Å². The standard InChI is InChI=1S/C31H38FNO7SSi/c1-6-7-8-9-10-22-19-23(32)11-14-28(22)41(35,36)33(21-38-17-18-42(3,4)5)26-13-12-25-24-15-16-39-27(24)20-40-30(25)29(26)31(34)37-2/h9-16,19H,6-8,17-18,20-21H2,1-5H3/b10-9-. The van der Waals surface area contributed by atoms with Gasteiger partial charge < -0.3 is 18.6 Å². The number of carbonyl (C=O) groups is 1. The van der Waals surface area contributed by atoms with Gasteiger partial charge in [0.15, 0.2) is 0 Å². The van der Waals surface area contributed by atoms with Gasteiger partial charge in [-0.05, 0) is 54.4 Å². The number of rotatable bonds is 13. The summed E-state index contributed by atoms with van der Waals surface area (Å²) in [4.78, 5) is 13.1. The van der Waals surface area contributed by atoms with Crippen molar-refractivity contribution in [1.29, 1.82) is 0 Å².